The minimum atomic E-state index is -0.741. The van der Waals surface area contributed by atoms with Crippen LogP contribution in [0.5, 0.6) is 0 Å². The molecular formula is C27H44O5. The van der Waals surface area contributed by atoms with E-state index in [0.29, 0.717) is 12.2 Å². The molecule has 0 spiro atoms. The molecule has 3 N–H and O–H groups in total. The molecule has 0 saturated heterocycles. The Morgan fingerprint density at radius 2 is 1.47 bits per heavy atom. The van der Waals surface area contributed by atoms with Gasteiger partial charge in [-0.3, -0.25) is 9.59 Å². The Kier molecular flexibility index (Phi) is 11.8. The van der Waals surface area contributed by atoms with Gasteiger partial charge in [0, 0.05) is 0 Å². The molecule has 0 aliphatic heterocycles. The van der Waals surface area contributed by atoms with E-state index in [4.69, 9.17) is 0 Å². The zero-order chi connectivity index (χ0) is 24.2. The fourth-order valence-electron chi connectivity index (χ4n) is 4.19. The summed E-state index contributed by atoms with van der Waals surface area (Å²) in [5, 5.41) is 28.9. The summed E-state index contributed by atoms with van der Waals surface area (Å²) in [5.41, 5.74) is 0.977. The first kappa shape index (κ1) is 28.0. The van der Waals surface area contributed by atoms with E-state index in [2.05, 4.69) is 6.58 Å². The maximum absolute atomic E-state index is 11.3. The minimum absolute atomic E-state index is 0.325. The van der Waals surface area contributed by atoms with E-state index in [1.165, 1.54) is 0 Å². The Balaban J connectivity index is 2.41. The number of aliphatic carboxylic acids is 2. The van der Waals surface area contributed by atoms with Crippen molar-refractivity contribution in [1.82, 2.24) is 0 Å². The van der Waals surface area contributed by atoms with Crippen LogP contribution in [-0.4, -0.2) is 27.3 Å². The van der Waals surface area contributed by atoms with Crippen LogP contribution in [0.2, 0.25) is 0 Å². The van der Waals surface area contributed by atoms with Crippen LogP contribution in [0, 0.1) is 10.8 Å². The van der Waals surface area contributed by atoms with Gasteiger partial charge in [-0.15, -0.1) is 0 Å². The van der Waals surface area contributed by atoms with Gasteiger partial charge in [-0.25, -0.2) is 0 Å². The molecule has 5 heteroatoms. The molecule has 1 aliphatic carbocycles. The molecule has 0 bridgehead atoms. The zero-order valence-electron chi connectivity index (χ0n) is 20.4. The number of unbranched alkanes of at least 4 members (excludes halogenated alkanes) is 6. The molecule has 0 aromatic heterocycles. The molecule has 0 unspecified atom stereocenters. The fraction of sp³-hybridized carbons (Fsp3) is 0.704. The normalized spacial score (nSPS) is 16.4. The van der Waals surface area contributed by atoms with E-state index in [-0.39, 0.29) is 0 Å². The standard InChI is InChI=1S/C27H44O5/c1-5-21(15-11-7-9-13-17-26(3,4)24(29)30)22(23(28)6-2)16-12-8-10-14-18-27(19-20-27)25(31)32/h5-6,28H,1,7-20H2,2-4H3,(H,29,30)(H,31,32)/b22-21+,23-6+. The molecule has 32 heavy (non-hydrogen) atoms. The van der Waals surface area contributed by atoms with Crippen molar-refractivity contribution in [2.75, 3.05) is 0 Å². The summed E-state index contributed by atoms with van der Waals surface area (Å²) < 4.78 is 0. The average Bonchev–Trinajstić information content (AvgIpc) is 3.54. The lowest BCUT2D eigenvalue weighted by molar-refractivity contribution is -0.147. The number of carbonyl (C=O) groups is 2. The molecule has 0 aromatic rings. The Bertz CT molecular complexity index is 695. The minimum Gasteiger partial charge on any atom is -0.508 e. The molecule has 0 heterocycles. The predicted octanol–water partition coefficient (Wildman–Crippen LogP) is 7.59. The van der Waals surface area contributed by atoms with E-state index >= 15 is 0 Å². The van der Waals surface area contributed by atoms with Crippen molar-refractivity contribution in [3.05, 3.63) is 35.6 Å². The molecule has 182 valence electrons. The number of carboxylic acids is 2. The van der Waals surface area contributed by atoms with Gasteiger partial charge >= 0.3 is 11.9 Å². The third-order valence-corrected chi connectivity index (χ3v) is 6.93. The summed E-state index contributed by atoms with van der Waals surface area (Å²) in [7, 11) is 0. The number of aliphatic hydroxyl groups is 1. The van der Waals surface area contributed by atoms with Gasteiger partial charge in [-0.05, 0) is 89.4 Å². The summed E-state index contributed by atoms with van der Waals surface area (Å²) in [4.78, 5) is 22.4. The van der Waals surface area contributed by atoms with Crippen LogP contribution in [0.3, 0.4) is 0 Å². The summed E-state index contributed by atoms with van der Waals surface area (Å²) in [6.45, 7) is 9.34. The van der Waals surface area contributed by atoms with E-state index in [9.17, 15) is 24.9 Å². The van der Waals surface area contributed by atoms with Crippen molar-refractivity contribution in [3.63, 3.8) is 0 Å². The van der Waals surface area contributed by atoms with Crippen LogP contribution in [-0.2, 0) is 9.59 Å². The van der Waals surface area contributed by atoms with Gasteiger partial charge in [0.15, 0.2) is 0 Å². The highest BCUT2D eigenvalue weighted by molar-refractivity contribution is 5.77. The number of carboxylic acid groups (broad SMARTS) is 2. The van der Waals surface area contributed by atoms with Crippen molar-refractivity contribution >= 4 is 11.9 Å². The van der Waals surface area contributed by atoms with Crippen molar-refractivity contribution < 1.29 is 24.9 Å². The number of rotatable bonds is 18. The molecule has 5 nitrogen and oxygen atoms in total. The maximum Gasteiger partial charge on any atom is 0.309 e. The van der Waals surface area contributed by atoms with E-state index < -0.39 is 22.8 Å². The summed E-state index contributed by atoms with van der Waals surface area (Å²) in [6.07, 6.45) is 16.3. The molecule has 1 rings (SSSR count). The second-order valence-corrected chi connectivity index (χ2v) is 9.98. The summed E-state index contributed by atoms with van der Waals surface area (Å²) >= 11 is 0. The van der Waals surface area contributed by atoms with Crippen molar-refractivity contribution in [1.29, 1.82) is 0 Å². The van der Waals surface area contributed by atoms with E-state index in [1.54, 1.807) is 19.9 Å². The topological polar surface area (TPSA) is 94.8 Å². The first-order valence-electron chi connectivity index (χ1n) is 12.3. The quantitative estimate of drug-likeness (QED) is 0.114. The van der Waals surface area contributed by atoms with Gasteiger partial charge in [0.1, 0.15) is 5.76 Å². The lowest BCUT2D eigenvalue weighted by Gasteiger charge is -2.18. The molecule has 1 aliphatic rings. The molecule has 0 aromatic carbocycles. The van der Waals surface area contributed by atoms with Gasteiger partial charge < -0.3 is 15.3 Å². The highest BCUT2D eigenvalue weighted by Gasteiger charge is 2.49. The Morgan fingerprint density at radius 1 is 0.906 bits per heavy atom. The lowest BCUT2D eigenvalue weighted by Crippen LogP contribution is -2.23. The van der Waals surface area contributed by atoms with Gasteiger partial charge in [0.25, 0.3) is 0 Å². The van der Waals surface area contributed by atoms with Gasteiger partial charge in [0.05, 0.1) is 10.8 Å². The Hall–Kier alpha value is -2.04. The summed E-state index contributed by atoms with van der Waals surface area (Å²) in [5.74, 6) is -1.05. The van der Waals surface area contributed by atoms with Gasteiger partial charge in [-0.2, -0.15) is 0 Å². The average molecular weight is 449 g/mol. The van der Waals surface area contributed by atoms with Gasteiger partial charge in [-0.1, -0.05) is 51.2 Å². The summed E-state index contributed by atoms with van der Waals surface area (Å²) in [6, 6.07) is 0. The fourth-order valence-corrected chi connectivity index (χ4v) is 4.19. The Labute approximate surface area is 194 Å². The third-order valence-electron chi connectivity index (χ3n) is 6.93. The number of allylic oxidation sites excluding steroid dienone is 4. The number of hydrogen-bond donors (Lipinski definition) is 3. The van der Waals surface area contributed by atoms with E-state index in [0.717, 1.165) is 94.6 Å². The van der Waals surface area contributed by atoms with Crippen LogP contribution in [0.15, 0.2) is 35.6 Å². The van der Waals surface area contributed by atoms with Gasteiger partial charge in [0.2, 0.25) is 0 Å². The van der Waals surface area contributed by atoms with Crippen LogP contribution < -0.4 is 0 Å². The smallest absolute Gasteiger partial charge is 0.309 e. The van der Waals surface area contributed by atoms with Crippen molar-refractivity contribution in [2.45, 2.75) is 111 Å². The van der Waals surface area contributed by atoms with Crippen LogP contribution in [0.4, 0.5) is 0 Å². The number of aliphatic hydroxyl groups excluding tert-OH is 1. The molecule has 0 radical (unpaired) electrons. The largest absolute Gasteiger partial charge is 0.508 e. The van der Waals surface area contributed by atoms with Crippen LogP contribution in [0.25, 0.3) is 0 Å². The van der Waals surface area contributed by atoms with Crippen molar-refractivity contribution in [3.8, 4) is 0 Å². The molecule has 0 amide bonds. The number of hydrogen-bond acceptors (Lipinski definition) is 3. The highest BCUT2D eigenvalue weighted by Crippen LogP contribution is 2.50. The molecule has 1 saturated carbocycles. The highest BCUT2D eigenvalue weighted by atomic mass is 16.4. The van der Waals surface area contributed by atoms with Crippen molar-refractivity contribution in [2.24, 2.45) is 10.8 Å². The third kappa shape index (κ3) is 9.22. The second kappa shape index (κ2) is 13.5. The first-order chi connectivity index (χ1) is 15.1. The molecule has 0 atom stereocenters. The van der Waals surface area contributed by atoms with Crippen LogP contribution in [0.1, 0.15) is 111 Å². The SMILES string of the molecule is C=C/C(CCCCCCC(C)(C)C(=O)O)=C(CCCCCCC1(C(=O)O)CC1)\C(O)=C/C. The second-order valence-electron chi connectivity index (χ2n) is 9.98. The lowest BCUT2D eigenvalue weighted by atomic mass is 9.87. The maximum atomic E-state index is 11.3. The van der Waals surface area contributed by atoms with Crippen LogP contribution >= 0.6 is 0 Å². The molecular weight excluding hydrogens is 404 g/mol. The zero-order valence-corrected chi connectivity index (χ0v) is 20.4. The first-order valence-corrected chi connectivity index (χ1v) is 12.3. The Morgan fingerprint density at radius 3 is 1.97 bits per heavy atom. The predicted molar refractivity (Wildman–Crippen MR) is 130 cm³/mol. The molecule has 1 fully saturated rings. The monoisotopic (exact) mass is 448 g/mol. The van der Waals surface area contributed by atoms with E-state index in [1.807, 2.05) is 13.0 Å².